The van der Waals surface area contributed by atoms with Crippen molar-refractivity contribution in [2.24, 2.45) is 0 Å². The maximum absolute atomic E-state index is 12.7. The first-order valence-electron chi connectivity index (χ1n) is 8.70. The van der Waals surface area contributed by atoms with Gasteiger partial charge in [-0.3, -0.25) is 4.79 Å². The van der Waals surface area contributed by atoms with Crippen molar-refractivity contribution >= 4 is 5.91 Å². The molecule has 1 atom stereocenters. The van der Waals surface area contributed by atoms with Crippen LogP contribution in [0.15, 0.2) is 85.7 Å². The third-order valence-corrected chi connectivity index (χ3v) is 4.43. The van der Waals surface area contributed by atoms with Crippen molar-refractivity contribution in [3.05, 3.63) is 96.8 Å². The Hall–Kier alpha value is -3.67. The van der Waals surface area contributed by atoms with Crippen molar-refractivity contribution in [3.8, 4) is 11.4 Å². The quantitative estimate of drug-likeness (QED) is 0.594. The van der Waals surface area contributed by atoms with Crippen molar-refractivity contribution < 1.29 is 4.79 Å². The summed E-state index contributed by atoms with van der Waals surface area (Å²) in [6, 6.07) is 19.3. The molecule has 0 saturated carbocycles. The first kappa shape index (κ1) is 16.8. The zero-order valence-corrected chi connectivity index (χ0v) is 14.9. The van der Waals surface area contributed by atoms with Gasteiger partial charge in [0.15, 0.2) is 0 Å². The molecule has 0 fully saturated rings. The van der Waals surface area contributed by atoms with Gasteiger partial charge in [-0.05, 0) is 55.0 Å². The van der Waals surface area contributed by atoms with Crippen LogP contribution in [-0.2, 0) is 0 Å². The van der Waals surface area contributed by atoms with E-state index in [2.05, 4.69) is 15.4 Å². The van der Waals surface area contributed by atoms with Gasteiger partial charge in [0.05, 0.1) is 11.7 Å². The molecule has 1 N–H and O–H groups in total. The molecule has 27 heavy (non-hydrogen) atoms. The molecular weight excluding hydrogens is 338 g/mol. The molecule has 0 aliphatic rings. The largest absolute Gasteiger partial charge is 0.346 e. The monoisotopic (exact) mass is 357 g/mol. The van der Waals surface area contributed by atoms with E-state index < -0.39 is 0 Å². The van der Waals surface area contributed by atoms with Gasteiger partial charge in [0.1, 0.15) is 12.7 Å². The molecule has 0 aliphatic carbocycles. The van der Waals surface area contributed by atoms with E-state index in [1.54, 1.807) is 11.0 Å². The summed E-state index contributed by atoms with van der Waals surface area (Å²) in [5.41, 5.74) is 3.53. The fraction of sp³-hybridized carbons (Fsp3) is 0.0952. The molecule has 0 spiro atoms. The molecule has 2 aromatic heterocycles. The third kappa shape index (κ3) is 3.64. The van der Waals surface area contributed by atoms with Crippen LogP contribution < -0.4 is 5.32 Å². The van der Waals surface area contributed by atoms with Crippen LogP contribution in [0.25, 0.3) is 11.4 Å². The Morgan fingerprint density at radius 1 is 1.00 bits per heavy atom. The number of nitrogens with zero attached hydrogens (tertiary/aromatic N) is 4. The van der Waals surface area contributed by atoms with Crippen LogP contribution in [0.3, 0.4) is 0 Å². The lowest BCUT2D eigenvalue weighted by molar-refractivity contribution is 0.0940. The number of aromatic nitrogens is 4. The first-order valence-corrected chi connectivity index (χ1v) is 8.70. The summed E-state index contributed by atoms with van der Waals surface area (Å²) in [5, 5.41) is 7.17. The van der Waals surface area contributed by atoms with E-state index in [0.717, 1.165) is 16.9 Å². The predicted molar refractivity (Wildman–Crippen MR) is 103 cm³/mol. The molecule has 2 aromatic carbocycles. The molecule has 6 heteroatoms. The van der Waals surface area contributed by atoms with Crippen molar-refractivity contribution in [1.82, 2.24) is 24.6 Å². The summed E-state index contributed by atoms with van der Waals surface area (Å²) in [4.78, 5) is 16.6. The average molecular weight is 357 g/mol. The van der Waals surface area contributed by atoms with Crippen LogP contribution in [0, 0.1) is 0 Å². The number of carbonyl (C=O) groups is 1. The number of amides is 1. The van der Waals surface area contributed by atoms with Crippen molar-refractivity contribution in [2.75, 3.05) is 0 Å². The summed E-state index contributed by atoms with van der Waals surface area (Å²) >= 11 is 0. The van der Waals surface area contributed by atoms with Gasteiger partial charge in [-0.15, -0.1) is 0 Å². The standard InChI is InChI=1S/C21H19N5O/c1-16(17-7-9-19(10-8-17)26-15-22-14-23-26)24-21(27)18-5-4-6-20(13-18)25-11-2-3-12-25/h2-16H,1H3,(H,24,27)/t16-/m0/s1. The van der Waals surface area contributed by atoms with Crippen LogP contribution >= 0.6 is 0 Å². The number of benzene rings is 2. The van der Waals surface area contributed by atoms with Gasteiger partial charge < -0.3 is 9.88 Å². The highest BCUT2D eigenvalue weighted by atomic mass is 16.1. The van der Waals surface area contributed by atoms with Crippen molar-refractivity contribution in [1.29, 1.82) is 0 Å². The van der Waals surface area contributed by atoms with Crippen LogP contribution in [0.4, 0.5) is 0 Å². The lowest BCUT2D eigenvalue weighted by Gasteiger charge is -2.15. The second-order valence-electron chi connectivity index (χ2n) is 6.27. The van der Waals surface area contributed by atoms with Crippen molar-refractivity contribution in [3.63, 3.8) is 0 Å². The Balaban J connectivity index is 1.47. The highest BCUT2D eigenvalue weighted by Gasteiger charge is 2.12. The molecule has 1 amide bonds. The number of nitrogens with one attached hydrogen (secondary N) is 1. The van der Waals surface area contributed by atoms with Crippen LogP contribution in [0.2, 0.25) is 0 Å². The Labute approximate surface area is 157 Å². The van der Waals surface area contributed by atoms with Gasteiger partial charge in [0.25, 0.3) is 5.91 Å². The van der Waals surface area contributed by atoms with Crippen LogP contribution in [0.5, 0.6) is 0 Å². The summed E-state index contributed by atoms with van der Waals surface area (Å²) in [5.74, 6) is -0.100. The smallest absolute Gasteiger partial charge is 0.251 e. The minimum absolute atomic E-state index is 0.100. The van der Waals surface area contributed by atoms with Crippen LogP contribution in [0.1, 0.15) is 28.9 Å². The van der Waals surface area contributed by atoms with E-state index in [-0.39, 0.29) is 11.9 Å². The molecule has 134 valence electrons. The molecule has 0 aliphatic heterocycles. The second-order valence-corrected chi connectivity index (χ2v) is 6.27. The van der Waals surface area contributed by atoms with Gasteiger partial charge in [0.2, 0.25) is 0 Å². The summed E-state index contributed by atoms with van der Waals surface area (Å²) in [6.07, 6.45) is 7.06. The minimum Gasteiger partial charge on any atom is -0.346 e. The summed E-state index contributed by atoms with van der Waals surface area (Å²) < 4.78 is 3.67. The Morgan fingerprint density at radius 2 is 1.78 bits per heavy atom. The molecule has 0 radical (unpaired) electrons. The SMILES string of the molecule is C[C@H](NC(=O)c1cccc(-n2cccc2)c1)c1ccc(-n2cncn2)cc1. The third-order valence-electron chi connectivity index (χ3n) is 4.43. The van der Waals surface area contributed by atoms with Gasteiger partial charge in [0, 0.05) is 23.6 Å². The maximum atomic E-state index is 12.7. The zero-order chi connectivity index (χ0) is 18.6. The average Bonchev–Trinajstić information content (AvgIpc) is 3.42. The normalized spacial score (nSPS) is 11.9. The maximum Gasteiger partial charge on any atom is 0.251 e. The number of hydrogen-bond donors (Lipinski definition) is 1. The number of hydrogen-bond acceptors (Lipinski definition) is 3. The highest BCUT2D eigenvalue weighted by molar-refractivity contribution is 5.95. The molecular formula is C21H19N5O. The van der Waals surface area contributed by atoms with Gasteiger partial charge in [-0.25, -0.2) is 9.67 Å². The van der Waals surface area contributed by atoms with Crippen molar-refractivity contribution in [2.45, 2.75) is 13.0 Å². The minimum atomic E-state index is -0.113. The fourth-order valence-electron chi connectivity index (χ4n) is 2.93. The molecule has 0 bridgehead atoms. The summed E-state index contributed by atoms with van der Waals surface area (Å²) in [7, 11) is 0. The van der Waals surface area contributed by atoms with E-state index in [0.29, 0.717) is 5.56 Å². The van der Waals surface area contributed by atoms with E-state index in [4.69, 9.17) is 0 Å². The zero-order valence-electron chi connectivity index (χ0n) is 14.9. The lowest BCUT2D eigenvalue weighted by Crippen LogP contribution is -2.26. The van der Waals surface area contributed by atoms with E-state index in [1.165, 1.54) is 6.33 Å². The first-order chi connectivity index (χ1) is 13.2. The number of rotatable bonds is 5. The van der Waals surface area contributed by atoms with Gasteiger partial charge in [-0.1, -0.05) is 18.2 Å². The van der Waals surface area contributed by atoms with E-state index >= 15 is 0 Å². The van der Waals surface area contributed by atoms with Gasteiger partial charge in [-0.2, -0.15) is 5.10 Å². The molecule has 4 rings (SSSR count). The fourth-order valence-corrected chi connectivity index (χ4v) is 2.93. The highest BCUT2D eigenvalue weighted by Crippen LogP contribution is 2.17. The van der Waals surface area contributed by atoms with E-state index in [9.17, 15) is 4.79 Å². The topological polar surface area (TPSA) is 64.7 Å². The molecule has 0 saturated heterocycles. The lowest BCUT2D eigenvalue weighted by atomic mass is 10.1. The Morgan fingerprint density at radius 3 is 2.48 bits per heavy atom. The molecule has 2 heterocycles. The van der Waals surface area contributed by atoms with Gasteiger partial charge >= 0.3 is 0 Å². The molecule has 4 aromatic rings. The second kappa shape index (κ2) is 7.29. The summed E-state index contributed by atoms with van der Waals surface area (Å²) in [6.45, 7) is 1.97. The van der Waals surface area contributed by atoms with Crippen LogP contribution in [-0.4, -0.2) is 25.2 Å². The number of carbonyl (C=O) groups excluding carboxylic acids is 1. The Kier molecular flexibility index (Phi) is 4.53. The predicted octanol–water partition coefficient (Wildman–Crippen LogP) is 3.55. The molecule has 6 nitrogen and oxygen atoms in total. The molecule has 0 unspecified atom stereocenters. The van der Waals surface area contributed by atoms with E-state index in [1.807, 2.05) is 84.5 Å². The Bertz CT molecular complexity index is 1020.